The Morgan fingerprint density at radius 3 is 2.37 bits per heavy atom. The van der Waals surface area contributed by atoms with Crippen LogP contribution in [0.4, 0.5) is 0 Å². The van der Waals surface area contributed by atoms with Crippen molar-refractivity contribution in [3.63, 3.8) is 0 Å². The minimum Gasteiger partial charge on any atom is -0.490 e. The van der Waals surface area contributed by atoms with Crippen molar-refractivity contribution in [2.24, 2.45) is 5.10 Å². The first-order valence-corrected chi connectivity index (χ1v) is 8.95. The zero-order chi connectivity index (χ0) is 19.6. The normalized spacial score (nSPS) is 10.7. The van der Waals surface area contributed by atoms with Crippen molar-refractivity contribution in [2.75, 3.05) is 19.8 Å². The number of nitrogens with zero attached hydrogens (tertiary/aromatic N) is 1. The number of hydrazone groups is 1. The van der Waals surface area contributed by atoms with E-state index in [4.69, 9.17) is 14.2 Å². The predicted octanol–water partition coefficient (Wildman–Crippen LogP) is 3.63. The lowest BCUT2D eigenvalue weighted by molar-refractivity contribution is -0.123. The van der Waals surface area contributed by atoms with Crippen LogP contribution in [0.3, 0.4) is 0 Å². The van der Waals surface area contributed by atoms with E-state index in [2.05, 4.69) is 10.5 Å². The Bertz CT molecular complexity index is 803. The van der Waals surface area contributed by atoms with E-state index < -0.39 is 0 Å². The molecule has 0 saturated carbocycles. The number of ether oxygens (including phenoxy) is 3. The van der Waals surface area contributed by atoms with Crippen molar-refractivity contribution >= 4 is 12.1 Å². The fourth-order valence-corrected chi connectivity index (χ4v) is 2.46. The number of benzene rings is 2. The Labute approximate surface area is 160 Å². The first kappa shape index (κ1) is 20.3. The molecule has 0 bridgehead atoms. The van der Waals surface area contributed by atoms with Gasteiger partial charge in [-0.05, 0) is 63.1 Å². The number of carbonyl (C=O) groups is 1. The van der Waals surface area contributed by atoms with E-state index >= 15 is 0 Å². The lowest BCUT2D eigenvalue weighted by Gasteiger charge is -2.11. The highest BCUT2D eigenvalue weighted by Gasteiger charge is 2.06. The molecule has 0 atom stereocenters. The molecule has 0 saturated heterocycles. The van der Waals surface area contributed by atoms with Crippen LogP contribution in [0.1, 0.15) is 30.5 Å². The van der Waals surface area contributed by atoms with Crippen molar-refractivity contribution < 1.29 is 19.0 Å². The van der Waals surface area contributed by atoms with E-state index in [1.165, 1.54) is 0 Å². The summed E-state index contributed by atoms with van der Waals surface area (Å²) >= 11 is 0. The van der Waals surface area contributed by atoms with Gasteiger partial charge in [0.05, 0.1) is 19.4 Å². The summed E-state index contributed by atoms with van der Waals surface area (Å²) in [6.45, 7) is 8.77. The van der Waals surface area contributed by atoms with E-state index in [-0.39, 0.29) is 12.5 Å². The van der Waals surface area contributed by atoms with Gasteiger partial charge in [-0.25, -0.2) is 5.43 Å². The zero-order valence-electron chi connectivity index (χ0n) is 16.2. The van der Waals surface area contributed by atoms with Gasteiger partial charge >= 0.3 is 0 Å². The number of hydrogen-bond acceptors (Lipinski definition) is 5. The molecule has 2 aromatic carbocycles. The van der Waals surface area contributed by atoms with Gasteiger partial charge in [-0.2, -0.15) is 5.10 Å². The lowest BCUT2D eigenvalue weighted by Crippen LogP contribution is -2.24. The highest BCUT2D eigenvalue weighted by Crippen LogP contribution is 2.28. The Balaban J connectivity index is 1.90. The lowest BCUT2D eigenvalue weighted by atomic mass is 10.1. The molecule has 0 heterocycles. The largest absolute Gasteiger partial charge is 0.490 e. The molecule has 0 aliphatic rings. The summed E-state index contributed by atoms with van der Waals surface area (Å²) in [7, 11) is 0. The average Bonchev–Trinajstić information content (AvgIpc) is 2.63. The van der Waals surface area contributed by atoms with Crippen molar-refractivity contribution in [2.45, 2.75) is 27.7 Å². The quantitative estimate of drug-likeness (QED) is 0.541. The maximum absolute atomic E-state index is 11.9. The van der Waals surface area contributed by atoms with Gasteiger partial charge in [0, 0.05) is 0 Å². The minimum absolute atomic E-state index is 0.102. The summed E-state index contributed by atoms with van der Waals surface area (Å²) in [5, 5.41) is 3.97. The molecule has 1 amide bonds. The van der Waals surface area contributed by atoms with Crippen molar-refractivity contribution in [3.05, 3.63) is 53.1 Å². The van der Waals surface area contributed by atoms with Gasteiger partial charge in [0.15, 0.2) is 18.1 Å². The van der Waals surface area contributed by atoms with Crippen LogP contribution in [0.2, 0.25) is 0 Å². The van der Waals surface area contributed by atoms with Gasteiger partial charge in [0.2, 0.25) is 0 Å². The molecular formula is C21H26N2O4. The number of nitrogens with one attached hydrogen (secondary N) is 1. The van der Waals surface area contributed by atoms with Crippen LogP contribution >= 0.6 is 0 Å². The third-order valence-electron chi connectivity index (χ3n) is 3.66. The standard InChI is InChI=1S/C21H26N2O4/c1-5-25-19-10-8-17(12-20(19)26-6-2)13-22-23-21(24)14-27-18-9-7-15(3)11-16(18)4/h7-13H,5-6,14H2,1-4H3,(H,23,24)/b22-13+. The zero-order valence-corrected chi connectivity index (χ0v) is 16.2. The topological polar surface area (TPSA) is 69.2 Å². The van der Waals surface area contributed by atoms with Crippen LogP contribution in [-0.4, -0.2) is 31.9 Å². The highest BCUT2D eigenvalue weighted by atomic mass is 16.5. The summed E-state index contributed by atoms with van der Waals surface area (Å²) in [6, 6.07) is 11.3. The van der Waals surface area contributed by atoms with Crippen LogP contribution in [0.15, 0.2) is 41.5 Å². The van der Waals surface area contributed by atoms with E-state index in [9.17, 15) is 4.79 Å². The van der Waals surface area contributed by atoms with Gasteiger partial charge in [-0.3, -0.25) is 4.79 Å². The summed E-state index contributed by atoms with van der Waals surface area (Å²) in [5.41, 5.74) is 5.38. The predicted molar refractivity (Wildman–Crippen MR) is 106 cm³/mol. The van der Waals surface area contributed by atoms with Gasteiger partial charge in [-0.15, -0.1) is 0 Å². The first-order valence-electron chi connectivity index (χ1n) is 8.95. The molecule has 0 fully saturated rings. The third kappa shape index (κ3) is 6.33. The van der Waals surface area contributed by atoms with Crippen LogP contribution in [0.5, 0.6) is 17.2 Å². The van der Waals surface area contributed by atoms with Crippen LogP contribution < -0.4 is 19.6 Å². The molecule has 0 unspecified atom stereocenters. The Morgan fingerprint density at radius 2 is 1.67 bits per heavy atom. The molecule has 0 aliphatic heterocycles. The fraction of sp³-hybridized carbons (Fsp3) is 0.333. The second-order valence-electron chi connectivity index (χ2n) is 5.92. The highest BCUT2D eigenvalue weighted by molar-refractivity contribution is 5.83. The van der Waals surface area contributed by atoms with Crippen LogP contribution in [0.25, 0.3) is 0 Å². The number of aryl methyl sites for hydroxylation is 2. The summed E-state index contributed by atoms with van der Waals surface area (Å²) in [5.74, 6) is 1.69. The van der Waals surface area contributed by atoms with E-state index in [0.717, 1.165) is 16.7 Å². The van der Waals surface area contributed by atoms with E-state index in [1.807, 2.05) is 64.1 Å². The Morgan fingerprint density at radius 1 is 0.963 bits per heavy atom. The average molecular weight is 370 g/mol. The molecule has 27 heavy (non-hydrogen) atoms. The smallest absolute Gasteiger partial charge is 0.277 e. The fourth-order valence-electron chi connectivity index (χ4n) is 2.46. The Kier molecular flexibility index (Phi) is 7.67. The molecule has 1 N–H and O–H groups in total. The molecule has 6 heteroatoms. The molecule has 2 rings (SSSR count). The molecule has 0 aliphatic carbocycles. The van der Waals surface area contributed by atoms with Gasteiger partial charge in [0.1, 0.15) is 5.75 Å². The third-order valence-corrected chi connectivity index (χ3v) is 3.66. The summed E-state index contributed by atoms with van der Waals surface area (Å²) in [6.07, 6.45) is 1.55. The molecule has 0 radical (unpaired) electrons. The monoisotopic (exact) mass is 370 g/mol. The summed E-state index contributed by atoms with van der Waals surface area (Å²) in [4.78, 5) is 11.9. The maximum Gasteiger partial charge on any atom is 0.277 e. The van der Waals surface area contributed by atoms with Gasteiger partial charge in [-0.1, -0.05) is 17.7 Å². The number of amides is 1. The number of rotatable bonds is 9. The van der Waals surface area contributed by atoms with Crippen LogP contribution in [0, 0.1) is 13.8 Å². The molecule has 6 nitrogen and oxygen atoms in total. The number of hydrogen-bond donors (Lipinski definition) is 1. The minimum atomic E-state index is -0.331. The van der Waals surface area contributed by atoms with Gasteiger partial charge < -0.3 is 14.2 Å². The second-order valence-corrected chi connectivity index (χ2v) is 5.92. The van der Waals surface area contributed by atoms with Crippen molar-refractivity contribution in [1.29, 1.82) is 0 Å². The molecular weight excluding hydrogens is 344 g/mol. The molecule has 2 aromatic rings. The number of carbonyl (C=O) groups excluding carboxylic acids is 1. The van der Waals surface area contributed by atoms with Gasteiger partial charge in [0.25, 0.3) is 5.91 Å². The van der Waals surface area contributed by atoms with Crippen molar-refractivity contribution in [3.8, 4) is 17.2 Å². The first-order chi connectivity index (χ1) is 13.0. The molecule has 0 spiro atoms. The molecule has 144 valence electrons. The Hall–Kier alpha value is -3.02. The second kappa shape index (κ2) is 10.2. The maximum atomic E-state index is 11.9. The van der Waals surface area contributed by atoms with E-state index in [1.54, 1.807) is 6.21 Å². The van der Waals surface area contributed by atoms with E-state index in [0.29, 0.717) is 30.5 Å². The summed E-state index contributed by atoms with van der Waals surface area (Å²) < 4.78 is 16.6. The van der Waals surface area contributed by atoms with Crippen LogP contribution in [-0.2, 0) is 4.79 Å². The van der Waals surface area contributed by atoms with Crippen molar-refractivity contribution in [1.82, 2.24) is 5.43 Å². The SMILES string of the molecule is CCOc1ccc(/C=N/NC(=O)COc2ccc(C)cc2C)cc1OCC. The molecule has 0 aromatic heterocycles.